The van der Waals surface area contributed by atoms with Gasteiger partial charge < -0.3 is 4.74 Å². The summed E-state index contributed by atoms with van der Waals surface area (Å²) in [4.78, 5) is 2.60. The molecule has 0 N–H and O–H groups in total. The summed E-state index contributed by atoms with van der Waals surface area (Å²) in [5.74, 6) is 0.903. The summed E-state index contributed by atoms with van der Waals surface area (Å²) in [7, 11) is 0. The highest BCUT2D eigenvalue weighted by molar-refractivity contribution is 5.79. The SMILES string of the molecule is CCOc1ccc(/C=N/N2CCN(C3c4ccccc4-c4ccccc43)CC2)cc1. The van der Waals surface area contributed by atoms with Crippen molar-refractivity contribution < 1.29 is 4.74 Å². The molecule has 1 fully saturated rings. The van der Waals surface area contributed by atoms with Gasteiger partial charge >= 0.3 is 0 Å². The zero-order chi connectivity index (χ0) is 20.3. The molecule has 1 heterocycles. The molecule has 152 valence electrons. The Bertz CT molecular complexity index is 991. The molecule has 1 aliphatic carbocycles. The quantitative estimate of drug-likeness (QED) is 0.579. The van der Waals surface area contributed by atoms with E-state index >= 15 is 0 Å². The molecule has 1 saturated heterocycles. The summed E-state index contributed by atoms with van der Waals surface area (Å²) in [6.45, 7) is 6.58. The smallest absolute Gasteiger partial charge is 0.119 e. The van der Waals surface area contributed by atoms with E-state index in [4.69, 9.17) is 9.84 Å². The number of hydrazone groups is 1. The Hall–Kier alpha value is -3.11. The highest BCUT2D eigenvalue weighted by Gasteiger charge is 2.33. The van der Waals surface area contributed by atoms with Crippen LogP contribution in [0.25, 0.3) is 11.1 Å². The third kappa shape index (κ3) is 3.59. The third-order valence-electron chi connectivity index (χ3n) is 6.02. The number of rotatable bonds is 5. The molecule has 3 aromatic carbocycles. The normalized spacial score (nSPS) is 16.6. The number of fused-ring (bicyclic) bond motifs is 3. The van der Waals surface area contributed by atoms with E-state index in [1.807, 2.05) is 25.3 Å². The summed E-state index contributed by atoms with van der Waals surface area (Å²) < 4.78 is 5.51. The zero-order valence-electron chi connectivity index (χ0n) is 17.4. The maximum Gasteiger partial charge on any atom is 0.119 e. The topological polar surface area (TPSA) is 28.1 Å². The van der Waals surface area contributed by atoms with Gasteiger partial charge in [-0.25, -0.2) is 0 Å². The molecule has 0 radical (unpaired) electrons. The molecule has 0 atom stereocenters. The molecule has 0 unspecified atom stereocenters. The standard InChI is InChI=1S/C26H27N3O/c1-2-30-21-13-11-20(12-14-21)19-27-29-17-15-28(16-18-29)26-24-9-5-3-7-22(24)23-8-4-6-10-25(23)26/h3-14,19,26H,2,15-18H2,1H3/b27-19+. The van der Waals surface area contributed by atoms with Crippen LogP contribution in [0.3, 0.4) is 0 Å². The average Bonchev–Trinajstić information content (AvgIpc) is 3.14. The van der Waals surface area contributed by atoms with Gasteiger partial charge in [-0.2, -0.15) is 5.10 Å². The van der Waals surface area contributed by atoms with Crippen molar-refractivity contribution >= 4 is 6.21 Å². The zero-order valence-corrected chi connectivity index (χ0v) is 17.4. The minimum atomic E-state index is 0.356. The molecule has 0 saturated carbocycles. The molecule has 0 bridgehead atoms. The van der Waals surface area contributed by atoms with Gasteiger partial charge in [-0.15, -0.1) is 0 Å². The number of ether oxygens (including phenoxy) is 1. The van der Waals surface area contributed by atoms with E-state index in [9.17, 15) is 0 Å². The maximum absolute atomic E-state index is 5.51. The van der Waals surface area contributed by atoms with Gasteiger partial charge in [0.15, 0.2) is 0 Å². The van der Waals surface area contributed by atoms with Crippen molar-refractivity contribution in [1.82, 2.24) is 9.91 Å². The van der Waals surface area contributed by atoms with E-state index in [2.05, 4.69) is 70.6 Å². The van der Waals surface area contributed by atoms with Crippen molar-refractivity contribution in [3.8, 4) is 16.9 Å². The molecule has 1 aliphatic heterocycles. The lowest BCUT2D eigenvalue weighted by Crippen LogP contribution is -2.45. The van der Waals surface area contributed by atoms with Crippen molar-refractivity contribution in [3.63, 3.8) is 0 Å². The van der Waals surface area contributed by atoms with E-state index in [0.717, 1.165) is 37.5 Å². The summed E-state index contributed by atoms with van der Waals surface area (Å²) >= 11 is 0. The van der Waals surface area contributed by atoms with Crippen molar-refractivity contribution in [1.29, 1.82) is 0 Å². The van der Waals surface area contributed by atoms with E-state index in [0.29, 0.717) is 12.6 Å². The molecule has 0 amide bonds. The molecule has 4 nitrogen and oxygen atoms in total. The molecular weight excluding hydrogens is 370 g/mol. The van der Waals surface area contributed by atoms with E-state index in [-0.39, 0.29) is 0 Å². The fraction of sp³-hybridized carbons (Fsp3) is 0.269. The van der Waals surface area contributed by atoms with Gasteiger partial charge in [-0.1, -0.05) is 48.5 Å². The van der Waals surface area contributed by atoms with Gasteiger partial charge in [0.05, 0.1) is 18.9 Å². The van der Waals surface area contributed by atoms with Crippen molar-refractivity contribution in [2.45, 2.75) is 13.0 Å². The van der Waals surface area contributed by atoms with Gasteiger partial charge in [0, 0.05) is 26.2 Å². The molecule has 30 heavy (non-hydrogen) atoms. The molecular formula is C26H27N3O. The van der Waals surface area contributed by atoms with Gasteiger partial charge in [-0.05, 0) is 59.0 Å². The van der Waals surface area contributed by atoms with Gasteiger partial charge in [-0.3, -0.25) is 9.91 Å². The van der Waals surface area contributed by atoms with Crippen molar-refractivity contribution in [3.05, 3.63) is 89.5 Å². The second-order valence-electron chi connectivity index (χ2n) is 7.81. The Morgan fingerprint density at radius 1 is 0.833 bits per heavy atom. The number of hydrogen-bond donors (Lipinski definition) is 0. The Morgan fingerprint density at radius 3 is 2.03 bits per heavy atom. The Labute approximate surface area is 178 Å². The molecule has 2 aliphatic rings. The Balaban J connectivity index is 1.26. The minimum absolute atomic E-state index is 0.356. The summed E-state index contributed by atoms with van der Waals surface area (Å²) in [5, 5.41) is 6.90. The first-order valence-electron chi connectivity index (χ1n) is 10.8. The fourth-order valence-electron chi connectivity index (χ4n) is 4.57. The number of piperazine rings is 1. The lowest BCUT2D eigenvalue weighted by molar-refractivity contribution is 0.114. The number of benzene rings is 3. The van der Waals surface area contributed by atoms with E-state index < -0.39 is 0 Å². The van der Waals surface area contributed by atoms with Crippen LogP contribution in [0, 0.1) is 0 Å². The molecule has 3 aromatic rings. The summed E-state index contributed by atoms with van der Waals surface area (Å²) in [5.41, 5.74) is 6.73. The van der Waals surface area contributed by atoms with Crippen LogP contribution in [0.1, 0.15) is 29.7 Å². The van der Waals surface area contributed by atoms with Crippen LogP contribution in [0.4, 0.5) is 0 Å². The first-order valence-corrected chi connectivity index (χ1v) is 10.8. The third-order valence-corrected chi connectivity index (χ3v) is 6.02. The number of hydrogen-bond acceptors (Lipinski definition) is 4. The van der Waals surface area contributed by atoms with Crippen LogP contribution in [0.15, 0.2) is 77.9 Å². The Kier molecular flexibility index (Phi) is 5.24. The highest BCUT2D eigenvalue weighted by Crippen LogP contribution is 2.46. The molecule has 0 spiro atoms. The van der Waals surface area contributed by atoms with Gasteiger partial charge in [0.2, 0.25) is 0 Å². The first kappa shape index (κ1) is 18.9. The highest BCUT2D eigenvalue weighted by atomic mass is 16.5. The van der Waals surface area contributed by atoms with Crippen LogP contribution in [0.5, 0.6) is 5.75 Å². The molecule has 0 aromatic heterocycles. The second kappa shape index (κ2) is 8.33. The van der Waals surface area contributed by atoms with Crippen LogP contribution in [-0.4, -0.2) is 48.9 Å². The molecule has 5 rings (SSSR count). The van der Waals surface area contributed by atoms with Gasteiger partial charge in [0.1, 0.15) is 5.75 Å². The fourth-order valence-corrected chi connectivity index (χ4v) is 4.57. The van der Waals surface area contributed by atoms with Crippen LogP contribution >= 0.6 is 0 Å². The largest absolute Gasteiger partial charge is 0.494 e. The van der Waals surface area contributed by atoms with Crippen LogP contribution < -0.4 is 4.74 Å². The summed E-state index contributed by atoms with van der Waals surface area (Å²) in [6, 6.07) is 26.2. The molecule has 4 heteroatoms. The lowest BCUT2D eigenvalue weighted by Gasteiger charge is -2.37. The predicted molar refractivity (Wildman–Crippen MR) is 122 cm³/mol. The average molecular weight is 398 g/mol. The Morgan fingerprint density at radius 2 is 1.43 bits per heavy atom. The maximum atomic E-state index is 5.51. The second-order valence-corrected chi connectivity index (χ2v) is 7.81. The summed E-state index contributed by atoms with van der Waals surface area (Å²) in [6.07, 6.45) is 1.95. The van der Waals surface area contributed by atoms with Crippen LogP contribution in [-0.2, 0) is 0 Å². The lowest BCUT2D eigenvalue weighted by atomic mass is 10.0. The predicted octanol–water partition coefficient (Wildman–Crippen LogP) is 4.81. The number of nitrogens with zero attached hydrogens (tertiary/aromatic N) is 3. The minimum Gasteiger partial charge on any atom is -0.494 e. The monoisotopic (exact) mass is 397 g/mol. The van der Waals surface area contributed by atoms with Crippen LogP contribution in [0.2, 0.25) is 0 Å². The van der Waals surface area contributed by atoms with Crippen molar-refractivity contribution in [2.24, 2.45) is 5.10 Å². The van der Waals surface area contributed by atoms with E-state index in [1.54, 1.807) is 0 Å². The van der Waals surface area contributed by atoms with Crippen molar-refractivity contribution in [2.75, 3.05) is 32.8 Å². The van der Waals surface area contributed by atoms with E-state index in [1.165, 1.54) is 22.3 Å². The first-order chi connectivity index (χ1) is 14.8. The van der Waals surface area contributed by atoms with Gasteiger partial charge in [0.25, 0.3) is 0 Å².